The van der Waals surface area contributed by atoms with Crippen LogP contribution in [0.2, 0.25) is 0 Å². The Morgan fingerprint density at radius 3 is 2.25 bits per heavy atom. The molecule has 0 aromatic heterocycles. The second-order valence-corrected chi connectivity index (χ2v) is 7.38. The van der Waals surface area contributed by atoms with Gasteiger partial charge in [-0.2, -0.15) is 0 Å². The van der Waals surface area contributed by atoms with E-state index in [0.29, 0.717) is 11.1 Å². The normalized spacial score (nSPS) is 11.7. The summed E-state index contributed by atoms with van der Waals surface area (Å²) in [4.78, 5) is 12.2. The first-order valence-electron chi connectivity index (χ1n) is 6.57. The van der Waals surface area contributed by atoms with E-state index in [4.69, 9.17) is 10.7 Å². The van der Waals surface area contributed by atoms with Gasteiger partial charge in [0.2, 0.25) is 0 Å². The highest BCUT2D eigenvalue weighted by Gasteiger charge is 2.19. The minimum atomic E-state index is -3.86. The van der Waals surface area contributed by atoms with E-state index in [2.05, 4.69) is 5.32 Å². The van der Waals surface area contributed by atoms with E-state index in [-0.39, 0.29) is 16.8 Å². The molecule has 4 nitrogen and oxygen atoms in total. The van der Waals surface area contributed by atoms with Gasteiger partial charge in [-0.1, -0.05) is 13.8 Å². The second kappa shape index (κ2) is 6.59. The molecule has 0 heterocycles. The van der Waals surface area contributed by atoms with Gasteiger partial charge < -0.3 is 5.32 Å². The SMILES string of the molecule is CCC(CC)NC(=O)c1cc(C)c(C)c(S(=O)(=O)Cl)c1. The maximum absolute atomic E-state index is 12.2. The molecule has 112 valence electrons. The van der Waals surface area contributed by atoms with Gasteiger partial charge in [0.15, 0.2) is 0 Å². The van der Waals surface area contributed by atoms with E-state index in [0.717, 1.165) is 18.4 Å². The third kappa shape index (κ3) is 3.96. The van der Waals surface area contributed by atoms with Gasteiger partial charge in [0.05, 0.1) is 4.90 Å². The van der Waals surface area contributed by atoms with Crippen molar-refractivity contribution in [2.75, 3.05) is 0 Å². The fraction of sp³-hybridized carbons (Fsp3) is 0.500. The van der Waals surface area contributed by atoms with Gasteiger partial charge in [-0.3, -0.25) is 4.79 Å². The zero-order chi connectivity index (χ0) is 15.5. The third-order valence-electron chi connectivity index (χ3n) is 3.47. The molecule has 0 saturated heterocycles. The highest BCUT2D eigenvalue weighted by Crippen LogP contribution is 2.24. The molecule has 0 bridgehead atoms. The maximum atomic E-state index is 12.2. The molecule has 1 aromatic rings. The Balaban J connectivity index is 3.21. The summed E-state index contributed by atoms with van der Waals surface area (Å²) in [5.41, 5.74) is 1.61. The van der Waals surface area contributed by atoms with Gasteiger partial charge in [-0.25, -0.2) is 8.42 Å². The predicted octanol–water partition coefficient (Wildman–Crippen LogP) is 3.15. The molecule has 1 N–H and O–H groups in total. The van der Waals surface area contributed by atoms with Gasteiger partial charge in [0, 0.05) is 22.3 Å². The summed E-state index contributed by atoms with van der Waals surface area (Å²) in [5.74, 6) is -0.275. The number of nitrogens with one attached hydrogen (secondary N) is 1. The van der Waals surface area contributed by atoms with E-state index >= 15 is 0 Å². The molecule has 0 unspecified atom stereocenters. The summed E-state index contributed by atoms with van der Waals surface area (Å²) >= 11 is 0. The summed E-state index contributed by atoms with van der Waals surface area (Å²) in [5, 5.41) is 2.88. The molecule has 0 radical (unpaired) electrons. The van der Waals surface area contributed by atoms with Gasteiger partial charge in [0.25, 0.3) is 15.0 Å². The average Bonchev–Trinajstić information content (AvgIpc) is 2.37. The Morgan fingerprint density at radius 1 is 1.25 bits per heavy atom. The molecule has 6 heteroatoms. The molecule has 0 saturated carbocycles. The topological polar surface area (TPSA) is 63.2 Å². The number of aryl methyl sites for hydroxylation is 1. The Kier molecular flexibility index (Phi) is 5.59. The van der Waals surface area contributed by atoms with Crippen LogP contribution in [0.4, 0.5) is 0 Å². The third-order valence-corrected chi connectivity index (χ3v) is 4.91. The Labute approximate surface area is 124 Å². The first kappa shape index (κ1) is 17.0. The number of benzene rings is 1. The molecule has 0 spiro atoms. The van der Waals surface area contributed by atoms with Crippen LogP contribution in [0.5, 0.6) is 0 Å². The molecule has 20 heavy (non-hydrogen) atoms. The summed E-state index contributed by atoms with van der Waals surface area (Å²) in [6, 6.07) is 3.10. The van der Waals surface area contributed by atoms with Crippen LogP contribution in [0.25, 0.3) is 0 Å². The largest absolute Gasteiger partial charge is 0.349 e. The smallest absolute Gasteiger partial charge is 0.261 e. The van der Waals surface area contributed by atoms with Gasteiger partial charge in [-0.15, -0.1) is 0 Å². The Hall–Kier alpha value is -1.07. The summed E-state index contributed by atoms with van der Waals surface area (Å²) in [6.45, 7) is 7.41. The van der Waals surface area contributed by atoms with Crippen molar-refractivity contribution < 1.29 is 13.2 Å². The minimum Gasteiger partial charge on any atom is -0.349 e. The number of amides is 1. The second-order valence-electron chi connectivity index (χ2n) is 4.84. The summed E-state index contributed by atoms with van der Waals surface area (Å²) in [6.07, 6.45) is 1.65. The molecule has 1 amide bonds. The maximum Gasteiger partial charge on any atom is 0.261 e. The molecule has 1 rings (SSSR count). The van der Waals surface area contributed by atoms with Crippen molar-refractivity contribution >= 4 is 25.6 Å². The van der Waals surface area contributed by atoms with Crippen molar-refractivity contribution in [3.05, 3.63) is 28.8 Å². The highest BCUT2D eigenvalue weighted by molar-refractivity contribution is 8.13. The number of halogens is 1. The average molecular weight is 318 g/mol. The van der Waals surface area contributed by atoms with Crippen molar-refractivity contribution in [1.82, 2.24) is 5.32 Å². The van der Waals surface area contributed by atoms with E-state index in [1.807, 2.05) is 13.8 Å². The van der Waals surface area contributed by atoms with E-state index in [9.17, 15) is 13.2 Å². The van der Waals surface area contributed by atoms with E-state index in [1.165, 1.54) is 6.07 Å². The Bertz CT molecular complexity index is 607. The van der Waals surface area contributed by atoms with Crippen molar-refractivity contribution in [2.45, 2.75) is 51.5 Å². The quantitative estimate of drug-likeness (QED) is 0.848. The van der Waals surface area contributed by atoms with Crippen molar-refractivity contribution in [3.63, 3.8) is 0 Å². The Morgan fingerprint density at radius 2 is 1.80 bits per heavy atom. The van der Waals surface area contributed by atoms with Crippen LogP contribution in [-0.2, 0) is 9.05 Å². The predicted molar refractivity (Wildman–Crippen MR) is 80.8 cm³/mol. The van der Waals surface area contributed by atoms with Crippen molar-refractivity contribution in [2.24, 2.45) is 0 Å². The molecular weight excluding hydrogens is 298 g/mol. The lowest BCUT2D eigenvalue weighted by atomic mass is 10.0. The van der Waals surface area contributed by atoms with Gasteiger partial charge in [0.1, 0.15) is 0 Å². The van der Waals surface area contributed by atoms with Crippen molar-refractivity contribution in [3.8, 4) is 0 Å². The molecule has 0 aliphatic carbocycles. The summed E-state index contributed by atoms with van der Waals surface area (Å²) in [7, 11) is 1.55. The van der Waals surface area contributed by atoms with E-state index in [1.54, 1.807) is 19.9 Å². The van der Waals surface area contributed by atoms with Crippen LogP contribution in [0, 0.1) is 13.8 Å². The molecule has 0 aliphatic heterocycles. The van der Waals surface area contributed by atoms with E-state index < -0.39 is 9.05 Å². The molecule has 0 aliphatic rings. The fourth-order valence-electron chi connectivity index (χ4n) is 1.97. The zero-order valence-corrected chi connectivity index (χ0v) is 13.7. The number of hydrogen-bond donors (Lipinski definition) is 1. The first-order valence-corrected chi connectivity index (χ1v) is 8.88. The molecule has 0 atom stereocenters. The lowest BCUT2D eigenvalue weighted by Gasteiger charge is -2.16. The number of carbonyl (C=O) groups excluding carboxylic acids is 1. The molecule has 1 aromatic carbocycles. The zero-order valence-electron chi connectivity index (χ0n) is 12.2. The van der Waals surface area contributed by atoms with Crippen LogP contribution in [0.3, 0.4) is 0 Å². The van der Waals surface area contributed by atoms with Gasteiger partial charge >= 0.3 is 0 Å². The van der Waals surface area contributed by atoms with Crippen LogP contribution >= 0.6 is 10.7 Å². The number of hydrogen-bond acceptors (Lipinski definition) is 3. The minimum absolute atomic E-state index is 0.00568. The van der Waals surface area contributed by atoms with Crippen LogP contribution in [-0.4, -0.2) is 20.4 Å². The monoisotopic (exact) mass is 317 g/mol. The van der Waals surface area contributed by atoms with Crippen LogP contribution in [0.15, 0.2) is 17.0 Å². The summed E-state index contributed by atoms with van der Waals surface area (Å²) < 4.78 is 23.1. The lowest BCUT2D eigenvalue weighted by Crippen LogP contribution is -2.33. The fourth-order valence-corrected chi connectivity index (χ4v) is 3.25. The number of carbonyl (C=O) groups is 1. The van der Waals surface area contributed by atoms with Crippen LogP contribution in [0.1, 0.15) is 48.2 Å². The van der Waals surface area contributed by atoms with Crippen molar-refractivity contribution in [1.29, 1.82) is 0 Å². The lowest BCUT2D eigenvalue weighted by molar-refractivity contribution is 0.0934. The number of rotatable bonds is 5. The first-order chi connectivity index (χ1) is 9.20. The highest BCUT2D eigenvalue weighted by atomic mass is 35.7. The molecule has 0 fully saturated rings. The van der Waals surface area contributed by atoms with Crippen LogP contribution < -0.4 is 5.32 Å². The standard InChI is InChI=1S/C14H20ClNO3S/c1-5-12(6-2)16-14(17)11-7-9(3)10(4)13(8-11)20(15,18)19/h7-8,12H,5-6H2,1-4H3,(H,16,17). The van der Waals surface area contributed by atoms with Gasteiger partial charge in [-0.05, 0) is 49.9 Å². The molecular formula is C14H20ClNO3S.